The van der Waals surface area contributed by atoms with Gasteiger partial charge in [0.1, 0.15) is 4.90 Å². The minimum atomic E-state index is -4.79. The van der Waals surface area contributed by atoms with Crippen LogP contribution >= 0.6 is 0 Å². The molecule has 3 aromatic rings. The molecule has 0 aromatic heterocycles. The summed E-state index contributed by atoms with van der Waals surface area (Å²) in [6, 6.07) is 10.3. The number of hydrogen-bond acceptors (Lipinski definition) is 8. The fourth-order valence-corrected chi connectivity index (χ4v) is 4.15. The molecule has 1 aliphatic heterocycles. The summed E-state index contributed by atoms with van der Waals surface area (Å²) in [5.74, 6) is -3.52. The highest BCUT2D eigenvalue weighted by Crippen LogP contribution is 2.33. The van der Waals surface area contributed by atoms with Crippen molar-refractivity contribution in [3.63, 3.8) is 0 Å². The summed E-state index contributed by atoms with van der Waals surface area (Å²) in [4.78, 5) is 46.6. The van der Waals surface area contributed by atoms with Crippen molar-refractivity contribution in [1.29, 1.82) is 0 Å². The second-order valence-corrected chi connectivity index (χ2v) is 7.91. The van der Waals surface area contributed by atoms with Gasteiger partial charge in [0, 0.05) is 17.5 Å². The number of amides is 2. The number of nitro benzene ring substituents is 1. The van der Waals surface area contributed by atoms with Crippen molar-refractivity contribution in [2.45, 2.75) is 4.90 Å². The van der Waals surface area contributed by atoms with Gasteiger partial charge in [-0.05, 0) is 29.7 Å². The Morgan fingerprint density at radius 3 is 2.29 bits per heavy atom. The minimum absolute atomic E-state index is 0.0334. The van der Waals surface area contributed by atoms with Gasteiger partial charge in [-0.25, -0.2) is 4.79 Å². The number of non-ortho nitro benzene ring substituents is 1. The molecule has 3 aromatic carbocycles. The molecule has 1 aliphatic rings. The van der Waals surface area contributed by atoms with Gasteiger partial charge >= 0.3 is 16.1 Å². The Kier molecular flexibility index (Phi) is 4.52. The van der Waals surface area contributed by atoms with Crippen LogP contribution in [0.5, 0.6) is 0 Å². The number of aromatic carboxylic acids is 1. The maximum Gasteiger partial charge on any atom is 0.336 e. The van der Waals surface area contributed by atoms with Gasteiger partial charge in [0.05, 0.1) is 21.6 Å². The van der Waals surface area contributed by atoms with E-state index in [1.165, 1.54) is 18.2 Å². The highest BCUT2D eigenvalue weighted by molar-refractivity contribution is 7.86. The Morgan fingerprint density at radius 2 is 1.65 bits per heavy atom. The van der Waals surface area contributed by atoms with Crippen molar-refractivity contribution < 1.29 is 37.1 Å². The molecule has 12 heteroatoms. The van der Waals surface area contributed by atoms with Crippen molar-refractivity contribution in [2.24, 2.45) is 0 Å². The molecule has 0 atom stereocenters. The number of nitro groups is 1. The van der Waals surface area contributed by atoms with E-state index in [1.54, 1.807) is 0 Å². The molecular formula is C19H10N2O9S. The van der Waals surface area contributed by atoms with E-state index in [1.807, 2.05) is 0 Å². The number of carbonyl (C=O) groups excluding carboxylic acids is 2. The smallest absolute Gasteiger partial charge is 0.336 e. The Morgan fingerprint density at radius 1 is 1.00 bits per heavy atom. The molecule has 31 heavy (non-hydrogen) atoms. The van der Waals surface area contributed by atoms with Gasteiger partial charge < -0.3 is 5.11 Å². The molecule has 0 saturated heterocycles. The van der Waals surface area contributed by atoms with Crippen molar-refractivity contribution >= 4 is 44.4 Å². The summed E-state index contributed by atoms with van der Waals surface area (Å²) in [5, 5.41) is 20.5. The van der Waals surface area contributed by atoms with Crippen LogP contribution in [0.3, 0.4) is 0 Å². The van der Waals surface area contributed by atoms with Gasteiger partial charge in [-0.15, -0.1) is 9.35 Å². The average molecular weight is 442 g/mol. The molecule has 4 rings (SSSR count). The SMILES string of the molecule is O=C(O)c1ccc2c3c(cccc13)C(=O)N(OS(=O)(=O)c1cccc([N+](=O)[O-])c1)C2=O. The highest BCUT2D eigenvalue weighted by atomic mass is 32.2. The second kappa shape index (κ2) is 6.97. The van der Waals surface area contributed by atoms with Crippen LogP contribution in [0.2, 0.25) is 0 Å². The number of carboxylic acids is 1. The minimum Gasteiger partial charge on any atom is -0.478 e. The lowest BCUT2D eigenvalue weighted by molar-refractivity contribution is -0.385. The van der Waals surface area contributed by atoms with E-state index >= 15 is 0 Å². The highest BCUT2D eigenvalue weighted by Gasteiger charge is 2.38. The van der Waals surface area contributed by atoms with Gasteiger partial charge in [-0.3, -0.25) is 19.7 Å². The molecule has 0 aliphatic carbocycles. The normalized spacial score (nSPS) is 13.5. The number of carbonyl (C=O) groups is 3. The standard InChI is InChI=1S/C19H10N2O9S/c22-17-14-6-2-5-12-13(19(24)25)7-8-15(16(12)14)18(23)20(17)30-31(28,29)11-4-1-3-10(9-11)21(26)27/h1-9H,(H,24,25). The molecule has 156 valence electrons. The summed E-state index contributed by atoms with van der Waals surface area (Å²) < 4.78 is 29.9. The van der Waals surface area contributed by atoms with Crippen LogP contribution in [-0.4, -0.2) is 41.3 Å². The quantitative estimate of drug-likeness (QED) is 0.355. The molecule has 0 saturated carbocycles. The van der Waals surface area contributed by atoms with Crippen LogP contribution in [-0.2, 0) is 14.4 Å². The molecule has 1 heterocycles. The third kappa shape index (κ3) is 3.19. The number of imide groups is 1. The average Bonchev–Trinajstić information content (AvgIpc) is 2.74. The van der Waals surface area contributed by atoms with E-state index in [0.717, 1.165) is 36.4 Å². The zero-order valence-electron chi connectivity index (χ0n) is 15.2. The first-order chi connectivity index (χ1) is 14.6. The number of carboxylic acid groups (broad SMARTS) is 1. The maximum atomic E-state index is 12.8. The predicted octanol–water partition coefficient (Wildman–Crippen LogP) is 2.36. The lowest BCUT2D eigenvalue weighted by atomic mass is 9.92. The Balaban J connectivity index is 1.80. The van der Waals surface area contributed by atoms with Crippen molar-refractivity contribution in [3.05, 3.63) is 81.4 Å². The second-order valence-electron chi connectivity index (χ2n) is 6.38. The topological polar surface area (TPSA) is 161 Å². The largest absolute Gasteiger partial charge is 0.478 e. The first-order valence-corrected chi connectivity index (χ1v) is 9.89. The molecule has 11 nitrogen and oxygen atoms in total. The third-order valence-corrected chi connectivity index (χ3v) is 5.77. The number of rotatable bonds is 5. The van der Waals surface area contributed by atoms with E-state index in [9.17, 15) is 38.0 Å². The van der Waals surface area contributed by atoms with E-state index in [2.05, 4.69) is 0 Å². The predicted molar refractivity (Wildman–Crippen MR) is 103 cm³/mol. The van der Waals surface area contributed by atoms with Gasteiger partial charge in [-0.2, -0.15) is 8.42 Å². The molecule has 0 unspecified atom stereocenters. The van der Waals surface area contributed by atoms with Crippen LogP contribution in [0.25, 0.3) is 10.8 Å². The van der Waals surface area contributed by atoms with Crippen LogP contribution < -0.4 is 0 Å². The summed E-state index contributed by atoms with van der Waals surface area (Å²) in [7, 11) is -4.79. The summed E-state index contributed by atoms with van der Waals surface area (Å²) in [6.45, 7) is 0. The van der Waals surface area contributed by atoms with Gasteiger partial charge in [0.25, 0.3) is 17.5 Å². The Labute approximate surface area is 173 Å². The third-order valence-electron chi connectivity index (χ3n) is 4.59. The van der Waals surface area contributed by atoms with Crippen molar-refractivity contribution in [3.8, 4) is 0 Å². The van der Waals surface area contributed by atoms with Crippen LogP contribution in [0.1, 0.15) is 31.1 Å². The Bertz CT molecular complexity index is 1410. The first-order valence-electron chi connectivity index (χ1n) is 8.48. The molecule has 0 bridgehead atoms. The van der Waals surface area contributed by atoms with Crippen LogP contribution in [0.15, 0.2) is 59.5 Å². The monoisotopic (exact) mass is 442 g/mol. The van der Waals surface area contributed by atoms with Gasteiger partial charge in [0.2, 0.25) is 0 Å². The Hall–Kier alpha value is -4.16. The fourth-order valence-electron chi connectivity index (χ4n) is 3.22. The van der Waals surface area contributed by atoms with Crippen molar-refractivity contribution in [1.82, 2.24) is 5.06 Å². The zero-order chi connectivity index (χ0) is 22.5. The number of benzene rings is 3. The fraction of sp³-hybridized carbons (Fsp3) is 0. The van der Waals surface area contributed by atoms with Gasteiger partial charge in [0.15, 0.2) is 0 Å². The van der Waals surface area contributed by atoms with Gasteiger partial charge in [-0.1, -0.05) is 18.2 Å². The van der Waals surface area contributed by atoms with E-state index in [4.69, 9.17) is 4.28 Å². The van der Waals surface area contributed by atoms with Crippen LogP contribution in [0, 0.1) is 10.1 Å². The lowest BCUT2D eigenvalue weighted by Crippen LogP contribution is -2.41. The summed E-state index contributed by atoms with van der Waals surface area (Å²) in [6.07, 6.45) is 0. The van der Waals surface area contributed by atoms with Crippen molar-refractivity contribution in [2.75, 3.05) is 0 Å². The number of hydroxylamine groups is 2. The number of nitrogens with zero attached hydrogens (tertiary/aromatic N) is 2. The first kappa shape index (κ1) is 20.1. The zero-order valence-corrected chi connectivity index (χ0v) is 16.0. The summed E-state index contributed by atoms with van der Waals surface area (Å²) >= 11 is 0. The molecule has 0 radical (unpaired) electrons. The number of hydrogen-bond donors (Lipinski definition) is 1. The summed E-state index contributed by atoms with van der Waals surface area (Å²) in [5.41, 5.74) is -0.939. The molecule has 2 amide bonds. The molecule has 0 fully saturated rings. The van der Waals surface area contributed by atoms with E-state index < -0.39 is 43.4 Å². The maximum absolute atomic E-state index is 12.8. The molecule has 0 spiro atoms. The molecule has 1 N–H and O–H groups in total. The molecular weight excluding hydrogens is 432 g/mol. The van der Waals surface area contributed by atoms with Crippen LogP contribution in [0.4, 0.5) is 5.69 Å². The lowest BCUT2D eigenvalue weighted by Gasteiger charge is -2.25. The van der Waals surface area contributed by atoms with E-state index in [0.29, 0.717) is 0 Å². The van der Waals surface area contributed by atoms with E-state index in [-0.39, 0.29) is 32.5 Å².